The van der Waals surface area contributed by atoms with Crippen LogP contribution in [0.3, 0.4) is 0 Å². The van der Waals surface area contributed by atoms with E-state index in [9.17, 15) is 4.79 Å². The number of carbonyl (C=O) groups excluding carboxylic acids is 1. The average molecular weight is 550 g/mol. The summed E-state index contributed by atoms with van der Waals surface area (Å²) in [6.45, 7) is 5.90. The van der Waals surface area contributed by atoms with E-state index in [0.29, 0.717) is 26.1 Å². The smallest absolute Gasteiger partial charge is 0.223 e. The van der Waals surface area contributed by atoms with Crippen molar-refractivity contribution in [3.63, 3.8) is 0 Å². The van der Waals surface area contributed by atoms with E-state index < -0.39 is 0 Å². The molecular formula is C24H31IN4O3. The number of rotatable bonds is 7. The van der Waals surface area contributed by atoms with Gasteiger partial charge in [0, 0.05) is 32.6 Å². The zero-order chi connectivity index (χ0) is 21.5. The highest BCUT2D eigenvalue weighted by atomic mass is 127. The number of hydrogen-bond donors (Lipinski definition) is 2. The van der Waals surface area contributed by atoms with E-state index >= 15 is 0 Å². The van der Waals surface area contributed by atoms with E-state index in [4.69, 9.17) is 9.47 Å². The number of aliphatic imine (C=N–C) groups is 1. The number of para-hydroxylation sites is 2. The topological polar surface area (TPSA) is 75.2 Å². The van der Waals surface area contributed by atoms with Gasteiger partial charge < -0.3 is 25.0 Å². The van der Waals surface area contributed by atoms with Gasteiger partial charge in [-0.2, -0.15) is 0 Å². The van der Waals surface area contributed by atoms with Crippen LogP contribution < -0.4 is 20.1 Å². The number of fused-ring (bicyclic) bond motifs is 2. The van der Waals surface area contributed by atoms with Crippen LogP contribution in [0.15, 0.2) is 53.5 Å². The fourth-order valence-electron chi connectivity index (χ4n) is 3.80. The van der Waals surface area contributed by atoms with E-state index in [2.05, 4.69) is 27.8 Å². The van der Waals surface area contributed by atoms with Gasteiger partial charge in [-0.15, -0.1) is 24.0 Å². The molecule has 0 aromatic heterocycles. The molecule has 0 aliphatic carbocycles. The van der Waals surface area contributed by atoms with Crippen LogP contribution in [-0.2, 0) is 17.9 Å². The summed E-state index contributed by atoms with van der Waals surface area (Å²) in [5.74, 6) is 2.46. The molecule has 2 N–H and O–H groups in total. The first kappa shape index (κ1) is 24.2. The van der Waals surface area contributed by atoms with Crippen molar-refractivity contribution in [2.24, 2.45) is 4.99 Å². The highest BCUT2D eigenvalue weighted by Gasteiger charge is 2.22. The first-order valence-electron chi connectivity index (χ1n) is 11.0. The molecule has 2 aliphatic heterocycles. The molecule has 7 nitrogen and oxygen atoms in total. The molecule has 32 heavy (non-hydrogen) atoms. The van der Waals surface area contributed by atoms with E-state index in [1.807, 2.05) is 48.2 Å². The summed E-state index contributed by atoms with van der Waals surface area (Å²) in [7, 11) is 0. The number of ether oxygens (including phenoxy) is 2. The molecule has 2 aromatic carbocycles. The third-order valence-corrected chi connectivity index (χ3v) is 5.42. The number of amides is 1. The van der Waals surface area contributed by atoms with Crippen molar-refractivity contribution in [1.82, 2.24) is 15.5 Å². The molecular weight excluding hydrogens is 519 g/mol. The summed E-state index contributed by atoms with van der Waals surface area (Å²) in [6, 6.07) is 15.9. The maximum Gasteiger partial charge on any atom is 0.223 e. The molecule has 0 saturated heterocycles. The second-order valence-corrected chi connectivity index (χ2v) is 7.77. The lowest BCUT2D eigenvalue weighted by molar-refractivity contribution is -0.131. The molecule has 2 aliphatic rings. The Kier molecular flexibility index (Phi) is 9.01. The molecule has 0 fully saturated rings. The fourth-order valence-corrected chi connectivity index (χ4v) is 3.80. The number of guanidine groups is 1. The van der Waals surface area contributed by atoms with Crippen molar-refractivity contribution in [2.75, 3.05) is 26.2 Å². The molecule has 172 valence electrons. The minimum atomic E-state index is -0.122. The summed E-state index contributed by atoms with van der Waals surface area (Å²) >= 11 is 0. The summed E-state index contributed by atoms with van der Waals surface area (Å²) in [4.78, 5) is 19.1. The predicted octanol–water partition coefficient (Wildman–Crippen LogP) is 3.32. The zero-order valence-corrected chi connectivity index (χ0v) is 20.7. The Morgan fingerprint density at radius 2 is 1.75 bits per heavy atom. The van der Waals surface area contributed by atoms with Crippen LogP contribution >= 0.6 is 24.0 Å². The van der Waals surface area contributed by atoms with Crippen LogP contribution in [0.2, 0.25) is 0 Å². The van der Waals surface area contributed by atoms with Crippen LogP contribution in [0, 0.1) is 0 Å². The Balaban J connectivity index is 0.00000289. The molecule has 0 bridgehead atoms. The first-order chi connectivity index (χ1) is 15.2. The molecule has 0 saturated carbocycles. The van der Waals surface area contributed by atoms with Crippen LogP contribution in [0.1, 0.15) is 30.9 Å². The van der Waals surface area contributed by atoms with E-state index in [1.54, 1.807) is 0 Å². The van der Waals surface area contributed by atoms with Crippen molar-refractivity contribution in [3.8, 4) is 11.5 Å². The Morgan fingerprint density at radius 3 is 2.47 bits per heavy atom. The van der Waals surface area contributed by atoms with Gasteiger partial charge in [-0.25, -0.2) is 4.99 Å². The van der Waals surface area contributed by atoms with Crippen LogP contribution in [0.5, 0.6) is 11.5 Å². The molecule has 1 amide bonds. The average Bonchev–Trinajstić information content (AvgIpc) is 3.24. The second kappa shape index (κ2) is 11.9. The lowest BCUT2D eigenvalue weighted by atomic mass is 10.1. The minimum Gasteiger partial charge on any atom is -0.486 e. The fraction of sp³-hybridized carbons (Fsp3) is 0.417. The summed E-state index contributed by atoms with van der Waals surface area (Å²) < 4.78 is 11.7. The number of carbonyl (C=O) groups is 1. The largest absolute Gasteiger partial charge is 0.486 e. The molecule has 1 unspecified atom stereocenters. The summed E-state index contributed by atoms with van der Waals surface area (Å²) in [5, 5.41) is 6.56. The van der Waals surface area contributed by atoms with Crippen LogP contribution in [0.25, 0.3) is 0 Å². The Bertz CT molecular complexity index is 912. The third kappa shape index (κ3) is 6.27. The molecule has 0 spiro atoms. The minimum absolute atomic E-state index is 0. The van der Waals surface area contributed by atoms with Gasteiger partial charge in [0.05, 0.1) is 6.54 Å². The molecule has 1 atom stereocenters. The molecule has 8 heteroatoms. The lowest BCUT2D eigenvalue weighted by Crippen LogP contribution is -2.40. The monoisotopic (exact) mass is 550 g/mol. The van der Waals surface area contributed by atoms with Crippen molar-refractivity contribution in [3.05, 3.63) is 59.7 Å². The number of nitrogens with zero attached hydrogens (tertiary/aromatic N) is 2. The standard InChI is InChI=1S/C24H30N4O3.HI/c1-2-25-24(27-14-20-17-30-21-10-5-6-11-22(21)31-20)26-13-7-12-23(29)28-15-18-8-3-4-9-19(18)16-28;/h3-6,8-11,20H,2,7,12-17H2,1H3,(H2,25,26,27);1H. The predicted molar refractivity (Wildman–Crippen MR) is 136 cm³/mol. The van der Waals surface area contributed by atoms with Crippen molar-refractivity contribution in [2.45, 2.75) is 39.0 Å². The molecule has 4 rings (SSSR count). The van der Waals surface area contributed by atoms with Gasteiger partial charge in [0.25, 0.3) is 0 Å². The van der Waals surface area contributed by atoms with Gasteiger partial charge in [-0.05, 0) is 36.6 Å². The van der Waals surface area contributed by atoms with Gasteiger partial charge in [0.1, 0.15) is 6.61 Å². The maximum absolute atomic E-state index is 12.5. The van der Waals surface area contributed by atoms with Crippen molar-refractivity contribution < 1.29 is 14.3 Å². The van der Waals surface area contributed by atoms with Crippen molar-refractivity contribution >= 4 is 35.8 Å². The molecule has 2 aromatic rings. The van der Waals surface area contributed by atoms with Crippen LogP contribution in [0.4, 0.5) is 0 Å². The normalized spacial score (nSPS) is 16.7. The SMILES string of the molecule is CCNC(=NCC1COc2ccccc2O1)NCCCC(=O)N1Cc2ccccc2C1.I. The summed E-state index contributed by atoms with van der Waals surface area (Å²) in [5.41, 5.74) is 2.51. The Hall–Kier alpha value is -2.49. The third-order valence-electron chi connectivity index (χ3n) is 5.42. The maximum atomic E-state index is 12.5. The number of nitrogens with one attached hydrogen (secondary N) is 2. The first-order valence-corrected chi connectivity index (χ1v) is 11.0. The van der Waals surface area contributed by atoms with Crippen molar-refractivity contribution in [1.29, 1.82) is 0 Å². The lowest BCUT2D eigenvalue weighted by Gasteiger charge is -2.25. The zero-order valence-electron chi connectivity index (χ0n) is 18.4. The van der Waals surface area contributed by atoms with Crippen LogP contribution in [-0.4, -0.2) is 49.1 Å². The van der Waals surface area contributed by atoms with Gasteiger partial charge in [0.15, 0.2) is 23.6 Å². The highest BCUT2D eigenvalue weighted by Crippen LogP contribution is 2.30. The highest BCUT2D eigenvalue weighted by molar-refractivity contribution is 14.0. The Morgan fingerprint density at radius 1 is 1.06 bits per heavy atom. The Labute approximate surface area is 206 Å². The molecule has 2 heterocycles. The van der Waals surface area contributed by atoms with Gasteiger partial charge in [-0.1, -0.05) is 36.4 Å². The number of benzene rings is 2. The summed E-state index contributed by atoms with van der Waals surface area (Å²) in [6.07, 6.45) is 1.16. The van der Waals surface area contributed by atoms with E-state index in [0.717, 1.165) is 43.5 Å². The van der Waals surface area contributed by atoms with E-state index in [1.165, 1.54) is 11.1 Å². The number of halogens is 1. The van der Waals surface area contributed by atoms with Gasteiger partial charge in [0.2, 0.25) is 5.91 Å². The quantitative estimate of drug-likeness (QED) is 0.240. The van der Waals surface area contributed by atoms with Gasteiger partial charge >= 0.3 is 0 Å². The second-order valence-electron chi connectivity index (χ2n) is 7.77. The van der Waals surface area contributed by atoms with Gasteiger partial charge in [-0.3, -0.25) is 4.79 Å². The number of hydrogen-bond acceptors (Lipinski definition) is 4. The van der Waals surface area contributed by atoms with E-state index in [-0.39, 0.29) is 36.0 Å². The molecule has 0 radical (unpaired) electrons.